The van der Waals surface area contributed by atoms with Gasteiger partial charge in [0.1, 0.15) is 5.15 Å². The highest BCUT2D eigenvalue weighted by Crippen LogP contribution is 2.28. The van der Waals surface area contributed by atoms with E-state index in [2.05, 4.69) is 17.2 Å². The van der Waals surface area contributed by atoms with Crippen molar-refractivity contribution in [2.24, 2.45) is 5.92 Å². The molecular formula is C15H20Cl2N2O. The molecule has 0 aliphatic heterocycles. The van der Waals surface area contributed by atoms with Gasteiger partial charge in [-0.05, 0) is 37.7 Å². The van der Waals surface area contributed by atoms with Crippen molar-refractivity contribution in [2.45, 2.75) is 51.5 Å². The molecule has 1 heterocycles. The van der Waals surface area contributed by atoms with E-state index >= 15 is 0 Å². The van der Waals surface area contributed by atoms with Crippen LogP contribution in [0.1, 0.15) is 55.8 Å². The number of nitrogens with one attached hydrogen (secondary N) is 1. The second-order valence-corrected chi connectivity index (χ2v) is 6.26. The van der Waals surface area contributed by atoms with Gasteiger partial charge in [0.15, 0.2) is 0 Å². The topological polar surface area (TPSA) is 42.0 Å². The number of hydrogen-bond donors (Lipinski definition) is 1. The standard InChI is InChI=1S/C15H20Cl2N2O/c1-2-3-10-4-6-11(7-5-10)19-15(20)12-8-14(17)18-9-13(12)16/h8-11H,2-7H2,1H3,(H,19,20). The molecule has 1 aromatic rings. The minimum Gasteiger partial charge on any atom is -0.349 e. The molecule has 1 aliphatic rings. The molecule has 3 nitrogen and oxygen atoms in total. The fourth-order valence-corrected chi connectivity index (χ4v) is 3.20. The normalized spacial score (nSPS) is 22.6. The Morgan fingerprint density at radius 3 is 2.70 bits per heavy atom. The first-order valence-corrected chi connectivity index (χ1v) is 7.97. The highest BCUT2D eigenvalue weighted by molar-refractivity contribution is 6.35. The van der Waals surface area contributed by atoms with Crippen molar-refractivity contribution in [3.8, 4) is 0 Å². The van der Waals surface area contributed by atoms with E-state index in [1.165, 1.54) is 37.9 Å². The third kappa shape index (κ3) is 4.10. The fourth-order valence-electron chi connectivity index (χ4n) is 2.85. The van der Waals surface area contributed by atoms with Crippen LogP contribution in [-0.4, -0.2) is 16.9 Å². The molecule has 0 radical (unpaired) electrons. The van der Waals surface area contributed by atoms with Crippen molar-refractivity contribution in [1.82, 2.24) is 10.3 Å². The number of hydrogen-bond acceptors (Lipinski definition) is 2. The molecule has 0 saturated heterocycles. The molecule has 5 heteroatoms. The van der Waals surface area contributed by atoms with Gasteiger partial charge in [0.25, 0.3) is 5.91 Å². The summed E-state index contributed by atoms with van der Waals surface area (Å²) in [7, 11) is 0. The second-order valence-electron chi connectivity index (χ2n) is 5.47. The van der Waals surface area contributed by atoms with E-state index in [1.807, 2.05) is 0 Å². The molecule has 1 aromatic heterocycles. The maximum absolute atomic E-state index is 12.2. The summed E-state index contributed by atoms with van der Waals surface area (Å²) in [5, 5.41) is 3.68. The Kier molecular flexibility index (Phi) is 5.67. The maximum Gasteiger partial charge on any atom is 0.253 e. The summed E-state index contributed by atoms with van der Waals surface area (Å²) in [4.78, 5) is 16.1. The predicted molar refractivity (Wildman–Crippen MR) is 82.4 cm³/mol. The van der Waals surface area contributed by atoms with E-state index in [1.54, 1.807) is 0 Å². The number of aromatic nitrogens is 1. The van der Waals surface area contributed by atoms with Gasteiger partial charge in [0.05, 0.1) is 10.6 Å². The number of rotatable bonds is 4. The molecule has 0 bridgehead atoms. The van der Waals surface area contributed by atoms with Gasteiger partial charge in [0.2, 0.25) is 0 Å². The lowest BCUT2D eigenvalue weighted by Gasteiger charge is -2.29. The van der Waals surface area contributed by atoms with Crippen molar-refractivity contribution in [3.63, 3.8) is 0 Å². The van der Waals surface area contributed by atoms with Crippen LogP contribution in [0.3, 0.4) is 0 Å². The number of halogens is 2. The smallest absolute Gasteiger partial charge is 0.253 e. The average Bonchev–Trinajstić information content (AvgIpc) is 2.44. The summed E-state index contributed by atoms with van der Waals surface area (Å²) < 4.78 is 0. The van der Waals surface area contributed by atoms with E-state index in [9.17, 15) is 4.79 Å². The van der Waals surface area contributed by atoms with Gasteiger partial charge in [-0.3, -0.25) is 4.79 Å². The monoisotopic (exact) mass is 314 g/mol. The number of carbonyl (C=O) groups excluding carboxylic acids is 1. The molecular weight excluding hydrogens is 295 g/mol. The number of nitrogens with zero attached hydrogens (tertiary/aromatic N) is 1. The molecule has 0 aromatic carbocycles. The van der Waals surface area contributed by atoms with Crippen molar-refractivity contribution in [1.29, 1.82) is 0 Å². The molecule has 20 heavy (non-hydrogen) atoms. The quantitative estimate of drug-likeness (QED) is 0.833. The second kappa shape index (κ2) is 7.28. The Balaban J connectivity index is 1.91. The molecule has 1 aliphatic carbocycles. The summed E-state index contributed by atoms with van der Waals surface area (Å²) >= 11 is 11.8. The third-order valence-corrected chi connectivity index (χ3v) is 4.45. The zero-order valence-electron chi connectivity index (χ0n) is 11.7. The largest absolute Gasteiger partial charge is 0.349 e. The SMILES string of the molecule is CCCC1CCC(NC(=O)c2cc(Cl)ncc2Cl)CC1. The van der Waals surface area contributed by atoms with E-state index in [4.69, 9.17) is 23.2 Å². The Morgan fingerprint density at radius 1 is 1.35 bits per heavy atom. The van der Waals surface area contributed by atoms with Gasteiger partial charge < -0.3 is 5.32 Å². The van der Waals surface area contributed by atoms with Crippen molar-refractivity contribution >= 4 is 29.1 Å². The lowest BCUT2D eigenvalue weighted by Crippen LogP contribution is -2.37. The summed E-state index contributed by atoms with van der Waals surface area (Å²) in [5.41, 5.74) is 0.405. The van der Waals surface area contributed by atoms with Crippen molar-refractivity contribution in [3.05, 3.63) is 28.0 Å². The fraction of sp³-hybridized carbons (Fsp3) is 0.600. The van der Waals surface area contributed by atoms with E-state index in [0.717, 1.165) is 18.8 Å². The number of carbonyl (C=O) groups is 1. The molecule has 1 amide bonds. The van der Waals surface area contributed by atoms with Crippen LogP contribution >= 0.6 is 23.2 Å². The minimum atomic E-state index is -0.154. The maximum atomic E-state index is 12.2. The molecule has 1 saturated carbocycles. The molecule has 0 atom stereocenters. The van der Waals surface area contributed by atoms with Crippen molar-refractivity contribution < 1.29 is 4.79 Å². The zero-order valence-corrected chi connectivity index (χ0v) is 13.2. The highest BCUT2D eigenvalue weighted by Gasteiger charge is 2.23. The first kappa shape index (κ1) is 15.6. The predicted octanol–water partition coefficient (Wildman–Crippen LogP) is 4.48. The van der Waals surface area contributed by atoms with Crippen LogP contribution in [0.5, 0.6) is 0 Å². The van der Waals surface area contributed by atoms with Gasteiger partial charge in [0, 0.05) is 12.2 Å². The summed E-state index contributed by atoms with van der Waals surface area (Å²) in [6.45, 7) is 2.23. The Hall–Kier alpha value is -0.800. The highest BCUT2D eigenvalue weighted by atomic mass is 35.5. The Labute approximate surface area is 130 Å². The van der Waals surface area contributed by atoms with Gasteiger partial charge in [-0.15, -0.1) is 0 Å². The minimum absolute atomic E-state index is 0.154. The van der Waals surface area contributed by atoms with E-state index in [0.29, 0.717) is 10.6 Å². The van der Waals surface area contributed by atoms with Crippen LogP contribution in [0.2, 0.25) is 10.2 Å². The first-order valence-electron chi connectivity index (χ1n) is 7.22. The lowest BCUT2D eigenvalue weighted by atomic mass is 9.83. The lowest BCUT2D eigenvalue weighted by molar-refractivity contribution is 0.0921. The third-order valence-electron chi connectivity index (χ3n) is 3.95. The first-order chi connectivity index (χ1) is 9.60. The number of amides is 1. The van der Waals surface area contributed by atoms with Crippen LogP contribution in [0.15, 0.2) is 12.3 Å². The molecule has 1 N–H and O–H groups in total. The van der Waals surface area contributed by atoms with Crippen LogP contribution in [0.4, 0.5) is 0 Å². The van der Waals surface area contributed by atoms with Crippen LogP contribution in [0, 0.1) is 5.92 Å². The van der Waals surface area contributed by atoms with Crippen LogP contribution in [-0.2, 0) is 0 Å². The Morgan fingerprint density at radius 2 is 2.05 bits per heavy atom. The van der Waals surface area contributed by atoms with Crippen LogP contribution in [0.25, 0.3) is 0 Å². The van der Waals surface area contributed by atoms with Gasteiger partial charge in [-0.2, -0.15) is 0 Å². The Bertz CT molecular complexity index is 471. The molecule has 0 spiro atoms. The summed E-state index contributed by atoms with van der Waals surface area (Å²) in [6.07, 6.45) is 8.45. The van der Waals surface area contributed by atoms with Crippen molar-refractivity contribution in [2.75, 3.05) is 0 Å². The van der Waals surface area contributed by atoms with Gasteiger partial charge in [-0.25, -0.2) is 4.98 Å². The summed E-state index contributed by atoms with van der Waals surface area (Å²) in [5.74, 6) is 0.672. The summed E-state index contributed by atoms with van der Waals surface area (Å²) in [6, 6.07) is 1.76. The molecule has 110 valence electrons. The molecule has 0 unspecified atom stereocenters. The van der Waals surface area contributed by atoms with E-state index in [-0.39, 0.29) is 17.1 Å². The molecule has 1 fully saturated rings. The average molecular weight is 315 g/mol. The van der Waals surface area contributed by atoms with Gasteiger partial charge >= 0.3 is 0 Å². The van der Waals surface area contributed by atoms with Gasteiger partial charge in [-0.1, -0.05) is 43.0 Å². The van der Waals surface area contributed by atoms with Crippen LogP contribution < -0.4 is 5.32 Å². The zero-order chi connectivity index (χ0) is 14.5. The van der Waals surface area contributed by atoms with E-state index < -0.39 is 0 Å². The molecule has 2 rings (SSSR count). The number of pyridine rings is 1.